The minimum absolute atomic E-state index is 0.505. The van der Waals surface area contributed by atoms with Crippen LogP contribution in [0.15, 0.2) is 206 Å². The van der Waals surface area contributed by atoms with Crippen LogP contribution in [-0.2, 0) is 28.4 Å². The summed E-state index contributed by atoms with van der Waals surface area (Å²) in [7, 11) is 3.32. The Kier molecular flexibility index (Phi) is 18.8. The van der Waals surface area contributed by atoms with Gasteiger partial charge in [0.25, 0.3) is 0 Å². The molecule has 0 saturated carbocycles. The molecular formula is C66H64O8. The number of hydrogen-bond donors (Lipinski definition) is 0. The summed E-state index contributed by atoms with van der Waals surface area (Å²) in [4.78, 5) is 0. The van der Waals surface area contributed by atoms with Crippen molar-refractivity contribution in [3.05, 3.63) is 206 Å². The van der Waals surface area contributed by atoms with Gasteiger partial charge in [-0.15, -0.1) is 0 Å². The van der Waals surface area contributed by atoms with E-state index in [1.54, 1.807) is 14.2 Å². The smallest absolute Gasteiger partial charge is 0.119 e. The van der Waals surface area contributed by atoms with Crippen LogP contribution in [0.2, 0.25) is 0 Å². The van der Waals surface area contributed by atoms with Crippen LogP contribution in [-0.4, -0.2) is 93.5 Å². The van der Waals surface area contributed by atoms with Crippen molar-refractivity contribution >= 4 is 43.1 Å². The zero-order valence-electron chi connectivity index (χ0n) is 42.4. The van der Waals surface area contributed by atoms with E-state index in [9.17, 15) is 0 Å². The minimum atomic E-state index is 0.505. The molecule has 0 radical (unpaired) electrons. The molecule has 0 aliphatic carbocycles. The maximum Gasteiger partial charge on any atom is 0.119 e. The molecule has 0 bridgehead atoms. The summed E-state index contributed by atoms with van der Waals surface area (Å²) in [5.74, 6) is 1.67. The second-order valence-electron chi connectivity index (χ2n) is 17.7. The first-order valence-corrected chi connectivity index (χ1v) is 25.4. The summed E-state index contributed by atoms with van der Waals surface area (Å²) < 4.78 is 43.3. The lowest BCUT2D eigenvalue weighted by molar-refractivity contribution is 0.0180. The predicted molar refractivity (Wildman–Crippen MR) is 303 cm³/mol. The molecule has 0 atom stereocenters. The van der Waals surface area contributed by atoms with Crippen molar-refractivity contribution in [3.63, 3.8) is 0 Å². The number of benzene rings is 10. The van der Waals surface area contributed by atoms with Gasteiger partial charge in [0, 0.05) is 14.2 Å². The summed E-state index contributed by atoms with van der Waals surface area (Å²) >= 11 is 0. The van der Waals surface area contributed by atoms with E-state index in [0.717, 1.165) is 22.6 Å². The normalized spacial score (nSPS) is 11.3. The lowest BCUT2D eigenvalue weighted by atomic mass is 9.91. The first-order valence-electron chi connectivity index (χ1n) is 25.4. The van der Waals surface area contributed by atoms with Gasteiger partial charge < -0.3 is 37.9 Å². The van der Waals surface area contributed by atoms with Crippen molar-refractivity contribution in [1.82, 2.24) is 0 Å². The minimum Gasteiger partial charge on any atom is -0.491 e. The lowest BCUT2D eigenvalue weighted by Crippen LogP contribution is -2.12. The van der Waals surface area contributed by atoms with Crippen molar-refractivity contribution in [2.75, 3.05) is 93.5 Å². The predicted octanol–water partition coefficient (Wildman–Crippen LogP) is 14.8. The van der Waals surface area contributed by atoms with Crippen LogP contribution in [0, 0.1) is 0 Å². The Morgan fingerprint density at radius 3 is 0.784 bits per heavy atom. The van der Waals surface area contributed by atoms with Crippen molar-refractivity contribution in [2.24, 2.45) is 0 Å². The van der Waals surface area contributed by atoms with E-state index in [0.29, 0.717) is 79.3 Å². The Balaban J connectivity index is 0.000000182. The summed E-state index contributed by atoms with van der Waals surface area (Å²) in [6, 6.07) is 73.2. The highest BCUT2D eigenvalue weighted by atomic mass is 16.6. The van der Waals surface area contributed by atoms with Gasteiger partial charge in [0.1, 0.15) is 24.7 Å². The van der Waals surface area contributed by atoms with Gasteiger partial charge >= 0.3 is 0 Å². The zero-order valence-corrected chi connectivity index (χ0v) is 42.4. The number of hydrogen-bond acceptors (Lipinski definition) is 8. The molecule has 0 aliphatic heterocycles. The van der Waals surface area contributed by atoms with Crippen LogP contribution in [0.4, 0.5) is 0 Å². The van der Waals surface area contributed by atoms with Gasteiger partial charge in [-0.1, -0.05) is 170 Å². The molecule has 0 N–H and O–H groups in total. The fourth-order valence-corrected chi connectivity index (χ4v) is 9.16. The van der Waals surface area contributed by atoms with Gasteiger partial charge in [0.2, 0.25) is 0 Å². The summed E-state index contributed by atoms with van der Waals surface area (Å²) in [6.07, 6.45) is 0. The van der Waals surface area contributed by atoms with E-state index in [1.165, 1.54) is 76.5 Å². The maximum atomic E-state index is 5.81. The first kappa shape index (κ1) is 51.5. The largest absolute Gasteiger partial charge is 0.491 e. The van der Waals surface area contributed by atoms with Crippen LogP contribution in [0.25, 0.3) is 87.6 Å². The highest BCUT2D eigenvalue weighted by Crippen LogP contribution is 2.39. The van der Waals surface area contributed by atoms with Crippen molar-refractivity contribution in [3.8, 4) is 56.0 Å². The first-order chi connectivity index (χ1) is 36.7. The fourth-order valence-electron chi connectivity index (χ4n) is 9.16. The Hall–Kier alpha value is -7.40. The van der Waals surface area contributed by atoms with Gasteiger partial charge in [0.15, 0.2) is 0 Å². The molecule has 10 aromatic rings. The van der Waals surface area contributed by atoms with Crippen molar-refractivity contribution in [2.45, 2.75) is 0 Å². The molecule has 0 aliphatic rings. The van der Waals surface area contributed by atoms with E-state index in [2.05, 4.69) is 182 Å². The monoisotopic (exact) mass is 984 g/mol. The molecule has 10 rings (SSSR count). The third-order valence-corrected chi connectivity index (χ3v) is 12.9. The second kappa shape index (κ2) is 27.1. The average molecular weight is 985 g/mol. The van der Waals surface area contributed by atoms with Crippen LogP contribution in [0.5, 0.6) is 11.5 Å². The second-order valence-corrected chi connectivity index (χ2v) is 17.7. The Morgan fingerprint density at radius 1 is 0.243 bits per heavy atom. The molecule has 0 amide bonds. The van der Waals surface area contributed by atoms with Crippen molar-refractivity contribution < 1.29 is 37.9 Å². The molecular weight excluding hydrogens is 921 g/mol. The zero-order chi connectivity index (χ0) is 50.6. The molecule has 0 spiro atoms. The van der Waals surface area contributed by atoms with Gasteiger partial charge in [-0.05, 0) is 124 Å². The Morgan fingerprint density at radius 2 is 0.486 bits per heavy atom. The molecule has 74 heavy (non-hydrogen) atoms. The molecule has 8 heteroatoms. The maximum absolute atomic E-state index is 5.81. The van der Waals surface area contributed by atoms with E-state index < -0.39 is 0 Å². The van der Waals surface area contributed by atoms with Crippen LogP contribution in [0.1, 0.15) is 0 Å². The average Bonchev–Trinajstić information content (AvgIpc) is 3.46. The third-order valence-electron chi connectivity index (χ3n) is 12.9. The lowest BCUT2D eigenvalue weighted by Gasteiger charge is -2.13. The number of ether oxygens (including phenoxy) is 8. The fraction of sp³-hybridized carbons (Fsp3) is 0.212. The number of fused-ring (bicyclic) bond motifs is 4. The Bertz CT molecular complexity index is 2970. The SMILES string of the molecule is COCCOCCOCCOc1ccc(-c2ccc(-c3c4ccccc4cc4ccccc34)cc2)cc1.COCCOCCOCCOc1ccc(-c2ccc(-c3c4ccccc4cc4ccccc34)cc2)cc1. The standard InChI is InChI=1S/2C33H32O4/c2*1-34-18-19-35-20-21-36-22-23-37-30-16-14-26(15-17-30)25-10-12-27(13-11-25)33-31-8-4-2-6-28(31)24-29-7-3-5-9-32(29)33/h2*2-17,24H,18-23H2,1H3. The van der Waals surface area contributed by atoms with Gasteiger partial charge in [-0.25, -0.2) is 0 Å². The van der Waals surface area contributed by atoms with Gasteiger partial charge in [-0.2, -0.15) is 0 Å². The number of rotatable bonds is 24. The van der Waals surface area contributed by atoms with E-state index in [4.69, 9.17) is 37.9 Å². The highest BCUT2D eigenvalue weighted by molar-refractivity contribution is 6.14. The molecule has 0 fully saturated rings. The summed E-state index contributed by atoms with van der Waals surface area (Å²) in [5, 5.41) is 10.1. The highest BCUT2D eigenvalue weighted by Gasteiger charge is 2.12. The molecule has 0 aromatic heterocycles. The molecule has 0 unspecified atom stereocenters. The van der Waals surface area contributed by atoms with Crippen LogP contribution < -0.4 is 9.47 Å². The summed E-state index contributed by atoms with van der Waals surface area (Å²) in [6.45, 7) is 6.68. The van der Waals surface area contributed by atoms with E-state index >= 15 is 0 Å². The van der Waals surface area contributed by atoms with Crippen molar-refractivity contribution in [1.29, 1.82) is 0 Å². The summed E-state index contributed by atoms with van der Waals surface area (Å²) in [5.41, 5.74) is 9.69. The molecule has 0 heterocycles. The van der Waals surface area contributed by atoms with E-state index in [-0.39, 0.29) is 0 Å². The molecule has 376 valence electrons. The van der Waals surface area contributed by atoms with E-state index in [1.807, 2.05) is 24.3 Å². The van der Waals surface area contributed by atoms with Crippen LogP contribution >= 0.6 is 0 Å². The molecule has 10 aromatic carbocycles. The van der Waals surface area contributed by atoms with Gasteiger partial charge in [-0.3, -0.25) is 0 Å². The topological polar surface area (TPSA) is 73.8 Å². The quantitative estimate of drug-likeness (QED) is 0.0438. The van der Waals surface area contributed by atoms with Gasteiger partial charge in [0.05, 0.1) is 66.1 Å². The van der Waals surface area contributed by atoms with Crippen LogP contribution in [0.3, 0.4) is 0 Å². The molecule has 8 nitrogen and oxygen atoms in total. The number of methoxy groups -OCH3 is 2. The Labute approximate surface area is 434 Å². The third kappa shape index (κ3) is 13.6. The molecule has 0 saturated heterocycles.